The Labute approximate surface area is 202 Å². The number of anilines is 1. The van der Waals surface area contributed by atoms with E-state index in [-0.39, 0.29) is 12.5 Å². The summed E-state index contributed by atoms with van der Waals surface area (Å²) in [5, 5.41) is 15.5. The highest BCUT2D eigenvalue weighted by atomic mass is 32.2. The minimum atomic E-state index is -3.35. The molecule has 1 aromatic rings. The lowest BCUT2D eigenvalue weighted by Crippen LogP contribution is -2.49. The van der Waals surface area contributed by atoms with Crippen molar-refractivity contribution in [3.05, 3.63) is 23.4 Å². The Morgan fingerprint density at radius 3 is 2.74 bits per heavy atom. The summed E-state index contributed by atoms with van der Waals surface area (Å²) in [5.41, 5.74) is 2.41. The molecule has 34 heavy (non-hydrogen) atoms. The quantitative estimate of drug-likeness (QED) is 0.381. The first-order valence-electron chi connectivity index (χ1n) is 12.4. The van der Waals surface area contributed by atoms with Crippen LogP contribution >= 0.6 is 0 Å². The number of pyridine rings is 1. The van der Waals surface area contributed by atoms with E-state index in [0.717, 1.165) is 75.7 Å². The number of sulfonamides is 1. The molecule has 2 atom stereocenters. The Hall–Kier alpha value is -2.20. The van der Waals surface area contributed by atoms with Gasteiger partial charge < -0.3 is 15.7 Å². The number of nitrogens with zero attached hydrogens (tertiary/aromatic N) is 2. The lowest BCUT2D eigenvalue weighted by atomic mass is 9.97. The molecule has 3 heterocycles. The molecule has 1 aromatic heterocycles. The SMILES string of the molecule is CS(=O)(=O)N1CCC[C@H](C(=O)NC(CCCCCCCc2ccc3c(n2)NCCC3)C(=O)O)C1. The predicted molar refractivity (Wildman–Crippen MR) is 131 cm³/mol. The van der Waals surface area contributed by atoms with Gasteiger partial charge in [0.1, 0.15) is 11.9 Å². The van der Waals surface area contributed by atoms with Crippen molar-refractivity contribution in [2.24, 2.45) is 5.92 Å². The van der Waals surface area contributed by atoms with Gasteiger partial charge in [0, 0.05) is 25.3 Å². The number of aromatic nitrogens is 1. The van der Waals surface area contributed by atoms with E-state index < -0.39 is 28.0 Å². The molecule has 2 aliphatic rings. The van der Waals surface area contributed by atoms with E-state index in [4.69, 9.17) is 4.98 Å². The molecule has 1 saturated heterocycles. The molecular formula is C24H38N4O5S. The van der Waals surface area contributed by atoms with E-state index in [1.165, 1.54) is 9.87 Å². The number of unbranched alkanes of at least 4 members (excludes halogenated alkanes) is 4. The topological polar surface area (TPSA) is 129 Å². The third kappa shape index (κ3) is 7.94. The number of fused-ring (bicyclic) bond motifs is 1. The molecule has 190 valence electrons. The summed E-state index contributed by atoms with van der Waals surface area (Å²) < 4.78 is 24.8. The number of hydrogen-bond donors (Lipinski definition) is 3. The number of carbonyl (C=O) groups excluding carboxylic acids is 1. The van der Waals surface area contributed by atoms with E-state index in [9.17, 15) is 23.1 Å². The van der Waals surface area contributed by atoms with Gasteiger partial charge in [-0.25, -0.2) is 22.5 Å². The Kier molecular flexibility index (Phi) is 9.70. The fourth-order valence-corrected chi connectivity index (χ4v) is 5.61. The predicted octanol–water partition coefficient (Wildman–Crippen LogP) is 2.56. The van der Waals surface area contributed by atoms with Gasteiger partial charge in [-0.2, -0.15) is 0 Å². The van der Waals surface area contributed by atoms with Crippen molar-refractivity contribution < 1.29 is 23.1 Å². The number of rotatable bonds is 12. The van der Waals surface area contributed by atoms with Crippen molar-refractivity contribution in [3.63, 3.8) is 0 Å². The van der Waals surface area contributed by atoms with Gasteiger partial charge in [0.25, 0.3) is 0 Å². The fourth-order valence-electron chi connectivity index (χ4n) is 4.70. The Morgan fingerprint density at radius 2 is 1.97 bits per heavy atom. The van der Waals surface area contributed by atoms with Crippen LogP contribution in [0.4, 0.5) is 5.82 Å². The molecule has 0 saturated carbocycles. The van der Waals surface area contributed by atoms with Crippen molar-refractivity contribution in [1.29, 1.82) is 0 Å². The number of carboxylic acids is 1. The molecule has 1 unspecified atom stereocenters. The maximum atomic E-state index is 12.6. The molecule has 10 heteroatoms. The van der Waals surface area contributed by atoms with Crippen molar-refractivity contribution >= 4 is 27.7 Å². The van der Waals surface area contributed by atoms with E-state index in [1.807, 2.05) is 0 Å². The zero-order valence-electron chi connectivity index (χ0n) is 20.1. The molecular weight excluding hydrogens is 456 g/mol. The zero-order valence-corrected chi connectivity index (χ0v) is 20.9. The first-order valence-corrected chi connectivity index (χ1v) is 14.3. The lowest BCUT2D eigenvalue weighted by molar-refractivity contribution is -0.143. The second-order valence-electron chi connectivity index (χ2n) is 9.51. The molecule has 9 nitrogen and oxygen atoms in total. The van der Waals surface area contributed by atoms with Crippen LogP contribution in [0.3, 0.4) is 0 Å². The summed E-state index contributed by atoms with van der Waals surface area (Å²) in [4.78, 5) is 28.9. The van der Waals surface area contributed by atoms with Crippen LogP contribution < -0.4 is 10.6 Å². The van der Waals surface area contributed by atoms with E-state index in [0.29, 0.717) is 25.8 Å². The number of carbonyl (C=O) groups is 2. The smallest absolute Gasteiger partial charge is 0.326 e. The minimum absolute atomic E-state index is 0.117. The van der Waals surface area contributed by atoms with Gasteiger partial charge in [-0.15, -0.1) is 0 Å². The van der Waals surface area contributed by atoms with Gasteiger partial charge in [-0.3, -0.25) is 4.79 Å². The van der Waals surface area contributed by atoms with Gasteiger partial charge in [-0.05, 0) is 56.6 Å². The maximum Gasteiger partial charge on any atom is 0.326 e. The van der Waals surface area contributed by atoms with Crippen LogP contribution in [-0.2, 0) is 32.5 Å². The molecule has 1 amide bonds. The molecule has 0 bridgehead atoms. The Morgan fingerprint density at radius 1 is 1.21 bits per heavy atom. The minimum Gasteiger partial charge on any atom is -0.480 e. The number of carboxylic acid groups (broad SMARTS) is 1. The fraction of sp³-hybridized carbons (Fsp3) is 0.708. The van der Waals surface area contributed by atoms with Crippen molar-refractivity contribution in [3.8, 4) is 0 Å². The average molecular weight is 495 g/mol. The summed E-state index contributed by atoms with van der Waals surface area (Å²) in [6, 6.07) is 3.36. The monoisotopic (exact) mass is 494 g/mol. The molecule has 0 aliphatic carbocycles. The summed E-state index contributed by atoms with van der Waals surface area (Å²) in [7, 11) is -3.35. The highest BCUT2D eigenvalue weighted by Gasteiger charge is 2.32. The maximum absolute atomic E-state index is 12.6. The third-order valence-electron chi connectivity index (χ3n) is 6.72. The number of hydrogen-bond acceptors (Lipinski definition) is 6. The van der Waals surface area contributed by atoms with Gasteiger partial charge in [0.05, 0.1) is 12.2 Å². The van der Waals surface area contributed by atoms with Crippen LogP contribution in [0.2, 0.25) is 0 Å². The van der Waals surface area contributed by atoms with Crippen LogP contribution in [0.1, 0.15) is 69.0 Å². The van der Waals surface area contributed by atoms with Gasteiger partial charge in [0.2, 0.25) is 15.9 Å². The second-order valence-corrected chi connectivity index (χ2v) is 11.5. The van der Waals surface area contributed by atoms with Gasteiger partial charge in [0.15, 0.2) is 0 Å². The molecule has 2 aliphatic heterocycles. The molecule has 1 fully saturated rings. The van der Waals surface area contributed by atoms with Gasteiger partial charge >= 0.3 is 5.97 Å². The standard InChI is InChI=1S/C24H38N4O5S/c1-34(32,33)28-16-8-10-19(17-28)23(29)27-21(24(30)31)12-6-4-2-3-5-11-20-14-13-18-9-7-15-25-22(18)26-20/h13-14,19,21H,2-12,15-17H2,1H3,(H,25,26)(H,27,29)(H,30,31)/t19-,21?/m0/s1. The summed E-state index contributed by atoms with van der Waals surface area (Å²) in [6.45, 7) is 1.51. The number of piperidine rings is 1. The molecule has 3 N–H and O–H groups in total. The van der Waals surface area contributed by atoms with Crippen molar-refractivity contribution in [1.82, 2.24) is 14.6 Å². The van der Waals surface area contributed by atoms with Crippen LogP contribution in [-0.4, -0.2) is 66.6 Å². The highest BCUT2D eigenvalue weighted by Crippen LogP contribution is 2.21. The first kappa shape index (κ1) is 26.4. The van der Waals surface area contributed by atoms with Crippen molar-refractivity contribution in [2.45, 2.75) is 76.7 Å². The molecule has 0 radical (unpaired) electrons. The van der Waals surface area contributed by atoms with Crippen LogP contribution in [0.15, 0.2) is 12.1 Å². The summed E-state index contributed by atoms with van der Waals surface area (Å²) >= 11 is 0. The average Bonchev–Trinajstić information content (AvgIpc) is 2.81. The first-order chi connectivity index (χ1) is 16.2. The highest BCUT2D eigenvalue weighted by molar-refractivity contribution is 7.88. The largest absolute Gasteiger partial charge is 0.480 e. The number of aryl methyl sites for hydroxylation is 2. The number of amides is 1. The summed E-state index contributed by atoms with van der Waals surface area (Å²) in [5.74, 6) is -0.885. The van der Waals surface area contributed by atoms with E-state index in [2.05, 4.69) is 22.8 Å². The number of aliphatic carboxylic acids is 1. The Balaban J connectivity index is 1.33. The van der Waals surface area contributed by atoms with E-state index in [1.54, 1.807) is 0 Å². The zero-order chi connectivity index (χ0) is 24.6. The second kappa shape index (κ2) is 12.5. The molecule has 0 aromatic carbocycles. The van der Waals surface area contributed by atoms with Gasteiger partial charge in [-0.1, -0.05) is 31.7 Å². The Bertz CT molecular complexity index is 953. The molecule has 0 spiro atoms. The molecule has 3 rings (SSSR count). The summed E-state index contributed by atoms with van der Waals surface area (Å²) in [6.07, 6.45) is 10.6. The third-order valence-corrected chi connectivity index (χ3v) is 7.99. The van der Waals surface area contributed by atoms with Crippen LogP contribution in [0.5, 0.6) is 0 Å². The lowest BCUT2D eigenvalue weighted by Gasteiger charge is -2.30. The van der Waals surface area contributed by atoms with Crippen LogP contribution in [0, 0.1) is 5.92 Å². The van der Waals surface area contributed by atoms with Crippen LogP contribution in [0.25, 0.3) is 0 Å². The van der Waals surface area contributed by atoms with Crippen molar-refractivity contribution in [2.75, 3.05) is 31.2 Å². The van der Waals surface area contributed by atoms with E-state index >= 15 is 0 Å². The number of nitrogens with one attached hydrogen (secondary N) is 2. The normalized spacial score (nSPS) is 19.6.